The molecular formula is C33H45N3O2Si. The summed E-state index contributed by atoms with van der Waals surface area (Å²) in [6.07, 6.45) is 1.53. The largest absolute Gasteiger partial charge is 0.405 e. The van der Waals surface area contributed by atoms with Gasteiger partial charge in [0.05, 0.1) is 12.6 Å². The van der Waals surface area contributed by atoms with E-state index in [4.69, 9.17) is 10.2 Å². The van der Waals surface area contributed by atoms with Gasteiger partial charge in [-0.1, -0.05) is 107 Å². The van der Waals surface area contributed by atoms with Crippen LogP contribution in [0.15, 0.2) is 78.9 Å². The lowest BCUT2D eigenvalue weighted by molar-refractivity contribution is -0.124. The van der Waals surface area contributed by atoms with E-state index in [9.17, 15) is 4.79 Å². The lowest BCUT2D eigenvalue weighted by Crippen LogP contribution is -2.67. The Morgan fingerprint density at radius 2 is 1.59 bits per heavy atom. The fourth-order valence-electron chi connectivity index (χ4n) is 6.20. The molecule has 3 N–H and O–H groups in total. The Morgan fingerprint density at radius 3 is 2.10 bits per heavy atom. The lowest BCUT2D eigenvalue weighted by Gasteiger charge is -2.44. The van der Waals surface area contributed by atoms with Crippen molar-refractivity contribution in [3.05, 3.63) is 90.0 Å². The average Bonchev–Trinajstić information content (AvgIpc) is 2.89. The number of likely N-dealkylation sites (N-methyl/N-ethyl adjacent to an activating group) is 1. The first-order valence-corrected chi connectivity index (χ1v) is 16.1. The number of anilines is 1. The van der Waals surface area contributed by atoms with Gasteiger partial charge in [-0.25, -0.2) is 0 Å². The number of rotatable bonds is 8. The molecule has 5 nitrogen and oxygen atoms in total. The molecule has 3 aromatic rings. The third-order valence-corrected chi connectivity index (χ3v) is 13.0. The van der Waals surface area contributed by atoms with Crippen LogP contribution < -0.4 is 26.3 Å². The van der Waals surface area contributed by atoms with Crippen LogP contribution in [0.5, 0.6) is 0 Å². The second-order valence-electron chi connectivity index (χ2n) is 12.2. The van der Waals surface area contributed by atoms with Gasteiger partial charge in [0, 0.05) is 12.7 Å². The Bertz CT molecular complexity index is 1200. The lowest BCUT2D eigenvalue weighted by atomic mass is 9.94. The number of nitrogens with one attached hydrogen (secondary N) is 1. The summed E-state index contributed by atoms with van der Waals surface area (Å²) >= 11 is 0. The molecule has 3 aromatic carbocycles. The van der Waals surface area contributed by atoms with Crippen molar-refractivity contribution in [1.82, 2.24) is 5.32 Å². The summed E-state index contributed by atoms with van der Waals surface area (Å²) < 4.78 is 7.24. The molecule has 0 fully saturated rings. The zero-order chi connectivity index (χ0) is 28.2. The predicted octanol–water partition coefficient (Wildman–Crippen LogP) is 4.27. The summed E-state index contributed by atoms with van der Waals surface area (Å²) in [7, 11) is -0.687. The molecule has 0 unspecified atom stereocenters. The van der Waals surface area contributed by atoms with Crippen LogP contribution in [-0.4, -0.2) is 46.5 Å². The second-order valence-corrected chi connectivity index (χ2v) is 16.5. The highest BCUT2D eigenvalue weighted by molar-refractivity contribution is 6.99. The topological polar surface area (TPSA) is 67.6 Å². The summed E-state index contributed by atoms with van der Waals surface area (Å²) in [5, 5.41) is 5.74. The first-order valence-electron chi connectivity index (χ1n) is 14.2. The van der Waals surface area contributed by atoms with Crippen LogP contribution >= 0.6 is 0 Å². The van der Waals surface area contributed by atoms with Crippen LogP contribution in [-0.2, 0) is 22.1 Å². The zero-order valence-electron chi connectivity index (χ0n) is 24.4. The molecule has 1 amide bonds. The number of amides is 1. The van der Waals surface area contributed by atoms with E-state index in [1.807, 2.05) is 7.05 Å². The van der Waals surface area contributed by atoms with Crippen LogP contribution in [0, 0.1) is 5.92 Å². The van der Waals surface area contributed by atoms with Crippen LogP contribution in [0.3, 0.4) is 0 Å². The Hall–Kier alpha value is -2.93. The molecule has 0 bridgehead atoms. The Kier molecular flexibility index (Phi) is 8.99. The number of fused-ring (bicyclic) bond motifs is 1. The van der Waals surface area contributed by atoms with Gasteiger partial charge >= 0.3 is 0 Å². The molecule has 0 saturated heterocycles. The van der Waals surface area contributed by atoms with Gasteiger partial charge in [-0.15, -0.1) is 0 Å². The molecule has 1 heterocycles. The van der Waals surface area contributed by atoms with E-state index < -0.39 is 8.32 Å². The van der Waals surface area contributed by atoms with Crippen LogP contribution in [0.1, 0.15) is 45.7 Å². The smallest absolute Gasteiger partial charge is 0.261 e. The molecule has 0 aliphatic carbocycles. The number of hydrogen-bond acceptors (Lipinski definition) is 4. The minimum Gasteiger partial charge on any atom is -0.405 e. The number of nitrogens with two attached hydrogens (primary N) is 1. The standard InChI is InChI=1S/C33H45N3O2Si/c1-24(2)31-32(37)35-27(22-26-18-17-25(19-20-34)21-30(26)36(31)6)23-38-39(33(3,4)5,28-13-9-7-10-14-28)29-15-11-8-12-16-29/h7-18,21,24,27,31H,19-20,22-23,34H2,1-6H3,(H,35,37)/t27-,31-/m0/s1. The molecule has 1 aliphatic heterocycles. The van der Waals surface area contributed by atoms with Gasteiger partial charge in [-0.2, -0.15) is 0 Å². The van der Waals surface area contributed by atoms with E-state index in [-0.39, 0.29) is 28.9 Å². The minimum absolute atomic E-state index is 0.0541. The average molecular weight is 544 g/mol. The molecule has 6 heteroatoms. The summed E-state index contributed by atoms with van der Waals surface area (Å²) in [6.45, 7) is 12.1. The predicted molar refractivity (Wildman–Crippen MR) is 165 cm³/mol. The Morgan fingerprint density at radius 1 is 1.00 bits per heavy atom. The highest BCUT2D eigenvalue weighted by Gasteiger charge is 2.50. The van der Waals surface area contributed by atoms with E-state index in [1.54, 1.807) is 0 Å². The first-order chi connectivity index (χ1) is 18.6. The van der Waals surface area contributed by atoms with Gasteiger partial charge < -0.3 is 20.4 Å². The first kappa shape index (κ1) is 29.1. The molecule has 1 aliphatic rings. The van der Waals surface area contributed by atoms with Crippen molar-refractivity contribution in [2.75, 3.05) is 25.1 Å². The third kappa shape index (κ3) is 5.98. The van der Waals surface area contributed by atoms with Crippen molar-refractivity contribution in [3.8, 4) is 0 Å². The minimum atomic E-state index is -2.72. The highest BCUT2D eigenvalue weighted by Crippen LogP contribution is 2.37. The number of carbonyl (C=O) groups excluding carboxylic acids is 1. The quantitative estimate of drug-likeness (QED) is 0.417. The van der Waals surface area contributed by atoms with Crippen LogP contribution in [0.4, 0.5) is 5.69 Å². The maximum absolute atomic E-state index is 13.7. The van der Waals surface area contributed by atoms with Gasteiger partial charge in [0.2, 0.25) is 5.91 Å². The summed E-state index contributed by atoms with van der Waals surface area (Å²) in [5.74, 6) is 0.204. The van der Waals surface area contributed by atoms with E-state index in [0.717, 1.165) is 12.1 Å². The highest BCUT2D eigenvalue weighted by atomic mass is 28.4. The van der Waals surface area contributed by atoms with Crippen molar-refractivity contribution in [2.45, 2.75) is 64.6 Å². The zero-order valence-corrected chi connectivity index (χ0v) is 25.4. The van der Waals surface area contributed by atoms with E-state index >= 15 is 0 Å². The van der Waals surface area contributed by atoms with E-state index in [1.165, 1.54) is 21.5 Å². The normalized spacial score (nSPS) is 18.4. The third-order valence-electron chi connectivity index (χ3n) is 8.01. The van der Waals surface area contributed by atoms with E-state index in [0.29, 0.717) is 19.6 Å². The van der Waals surface area contributed by atoms with Crippen LogP contribution in [0.2, 0.25) is 5.04 Å². The van der Waals surface area contributed by atoms with Crippen LogP contribution in [0.25, 0.3) is 0 Å². The fourth-order valence-corrected chi connectivity index (χ4v) is 10.8. The molecule has 0 radical (unpaired) electrons. The van der Waals surface area contributed by atoms with Gasteiger partial charge in [-0.3, -0.25) is 4.79 Å². The number of hydrogen-bond donors (Lipinski definition) is 2. The molecule has 0 saturated carbocycles. The maximum atomic E-state index is 13.7. The number of nitrogens with zero attached hydrogens (tertiary/aromatic N) is 1. The summed E-state index contributed by atoms with van der Waals surface area (Å²) in [6, 6.07) is 27.5. The van der Waals surface area contributed by atoms with Gasteiger partial charge in [0.1, 0.15) is 6.04 Å². The van der Waals surface area contributed by atoms with Gasteiger partial charge in [-0.05, 0) is 57.9 Å². The maximum Gasteiger partial charge on any atom is 0.261 e. The SMILES string of the molecule is CC(C)[C@H]1C(=O)N[C@H](CO[Si](c2ccccc2)(c2ccccc2)C(C)(C)C)Cc2ccc(CCN)cc2N1C. The van der Waals surface area contributed by atoms with Crippen molar-refractivity contribution in [1.29, 1.82) is 0 Å². The number of benzene rings is 3. The fraction of sp³-hybridized carbons (Fsp3) is 0.424. The second kappa shape index (κ2) is 12.1. The molecule has 4 rings (SSSR count). The monoisotopic (exact) mass is 543 g/mol. The number of carbonyl (C=O) groups is 1. The van der Waals surface area contributed by atoms with Gasteiger partial charge in [0.25, 0.3) is 8.32 Å². The summed E-state index contributed by atoms with van der Waals surface area (Å²) in [5.41, 5.74) is 9.41. The van der Waals surface area contributed by atoms with Crippen molar-refractivity contribution in [3.63, 3.8) is 0 Å². The van der Waals surface area contributed by atoms with Crippen molar-refractivity contribution >= 4 is 30.3 Å². The van der Waals surface area contributed by atoms with E-state index in [2.05, 4.69) is 124 Å². The van der Waals surface area contributed by atoms with Crippen molar-refractivity contribution < 1.29 is 9.22 Å². The Balaban J connectivity index is 1.75. The molecular weight excluding hydrogens is 498 g/mol. The molecule has 39 heavy (non-hydrogen) atoms. The Labute approximate surface area is 235 Å². The molecule has 0 spiro atoms. The molecule has 2 atom stereocenters. The van der Waals surface area contributed by atoms with Crippen molar-refractivity contribution in [2.24, 2.45) is 11.7 Å². The van der Waals surface area contributed by atoms with Gasteiger partial charge in [0.15, 0.2) is 0 Å². The molecule has 0 aromatic heterocycles. The summed E-state index contributed by atoms with van der Waals surface area (Å²) in [4.78, 5) is 15.8. The molecule has 208 valence electrons.